The molecule has 50 heavy (non-hydrogen) atoms. The van der Waals surface area contributed by atoms with Gasteiger partial charge in [0.1, 0.15) is 0 Å². The van der Waals surface area contributed by atoms with E-state index in [4.69, 9.17) is 4.98 Å². The Hall–Kier alpha value is -6.15. The minimum Gasteiger partial charge on any atom is -0.309 e. The number of aromatic nitrogens is 2. The van der Waals surface area contributed by atoms with Crippen LogP contribution in [0.5, 0.6) is 0 Å². The summed E-state index contributed by atoms with van der Waals surface area (Å²) >= 11 is 0. The van der Waals surface area contributed by atoms with Crippen molar-refractivity contribution in [1.82, 2.24) is 9.97 Å². The molecule has 0 aliphatic carbocycles. The lowest BCUT2D eigenvalue weighted by Crippen LogP contribution is -2.25. The molecule has 2 aromatic heterocycles. The minimum absolute atomic E-state index is 0.840. The second-order valence-corrected chi connectivity index (χ2v) is 15.6. The van der Waals surface area contributed by atoms with E-state index in [-0.39, 0.29) is 0 Å². The summed E-state index contributed by atoms with van der Waals surface area (Å²) in [6.07, 6.45) is 1.83. The number of benzene rings is 8. The highest BCUT2D eigenvalue weighted by Crippen LogP contribution is 2.47. The molecule has 8 aromatic carbocycles. The van der Waals surface area contributed by atoms with E-state index in [1.165, 1.54) is 21.7 Å². The quantitative estimate of drug-likeness (QED) is 0.137. The molecule has 2 heterocycles. The highest BCUT2D eigenvalue weighted by Gasteiger charge is 2.32. The molecule has 0 N–H and O–H groups in total. The molecule has 0 atom stereocenters. The Kier molecular flexibility index (Phi) is 6.46. The third kappa shape index (κ3) is 4.34. The predicted molar refractivity (Wildman–Crippen MR) is 211 cm³/mol. The second-order valence-electron chi connectivity index (χ2n) is 12.9. The number of hydrogen-bond acceptors (Lipinski definition) is 3. The van der Waals surface area contributed by atoms with Gasteiger partial charge in [0.25, 0.3) is 0 Å². The van der Waals surface area contributed by atoms with Crippen molar-refractivity contribution in [2.75, 3.05) is 0 Å². The molecule has 0 aliphatic rings. The highest BCUT2D eigenvalue weighted by atomic mass is 31.2. The summed E-state index contributed by atoms with van der Waals surface area (Å²) in [5.74, 6) is 0. The van der Waals surface area contributed by atoms with E-state index in [0.29, 0.717) is 0 Å². The highest BCUT2D eigenvalue weighted by molar-refractivity contribution is 7.85. The first-order valence-corrected chi connectivity index (χ1v) is 18.6. The first-order valence-electron chi connectivity index (χ1n) is 16.8. The summed E-state index contributed by atoms with van der Waals surface area (Å²) < 4.78 is 15.5. The molecule has 0 aliphatic heterocycles. The van der Waals surface area contributed by atoms with Crippen molar-refractivity contribution in [3.8, 4) is 22.4 Å². The van der Waals surface area contributed by atoms with Gasteiger partial charge in [-0.3, -0.25) is 4.98 Å². The normalized spacial score (nSPS) is 12.1. The van der Waals surface area contributed by atoms with Gasteiger partial charge in [-0.25, -0.2) is 4.98 Å². The lowest BCUT2D eigenvalue weighted by molar-refractivity contribution is 0.592. The number of hydrogen-bond donors (Lipinski definition) is 0. The Morgan fingerprint density at radius 1 is 0.420 bits per heavy atom. The van der Waals surface area contributed by atoms with E-state index in [1.54, 1.807) is 0 Å². The van der Waals surface area contributed by atoms with Crippen LogP contribution in [0.25, 0.3) is 76.5 Å². The standard InChI is InChI=1S/C46H29N2OP/c49-50(36-9-3-1-4-10-36,37-11-5-2-6-12-37)42-28-23-33-20-25-39-38(24-19-32-21-26-40(42)44(33)43(32)39)30-13-15-31(16-14-30)41-27-22-35-18-17-34-8-7-29-47-45(34)46(35)48-41/h1-29H. The van der Waals surface area contributed by atoms with Crippen molar-refractivity contribution in [2.24, 2.45) is 0 Å². The van der Waals surface area contributed by atoms with Crippen molar-refractivity contribution in [1.29, 1.82) is 0 Å². The SMILES string of the molecule is O=P(c1ccccc1)(c1ccccc1)c1ccc2ccc3c(-c4ccc(-c5ccc6ccc7cccnc7c6n5)cc4)ccc4ccc1c2c43. The third-order valence-corrected chi connectivity index (χ3v) is 13.3. The molecular formula is C46H29N2OP. The van der Waals surface area contributed by atoms with Gasteiger partial charge in [-0.15, -0.1) is 0 Å². The molecule has 0 radical (unpaired) electrons. The minimum atomic E-state index is -3.18. The summed E-state index contributed by atoms with van der Waals surface area (Å²) in [4.78, 5) is 9.70. The Bertz CT molecular complexity index is 2900. The fourth-order valence-corrected chi connectivity index (χ4v) is 10.6. The van der Waals surface area contributed by atoms with Gasteiger partial charge in [0, 0.05) is 38.4 Å². The Morgan fingerprint density at radius 3 is 1.70 bits per heavy atom. The molecule has 0 fully saturated rings. The summed E-state index contributed by atoms with van der Waals surface area (Å²) in [7, 11) is -3.18. The topological polar surface area (TPSA) is 42.9 Å². The molecule has 10 rings (SSSR count). The lowest BCUT2D eigenvalue weighted by atomic mass is 9.89. The fraction of sp³-hybridized carbons (Fsp3) is 0. The molecule has 0 amide bonds. The summed E-state index contributed by atoms with van der Waals surface area (Å²) in [5, 5.41) is 11.6. The maximum atomic E-state index is 15.5. The summed E-state index contributed by atoms with van der Waals surface area (Å²) in [5.41, 5.74) is 6.12. The number of nitrogens with zero attached hydrogens (tertiary/aromatic N) is 2. The largest absolute Gasteiger partial charge is 0.309 e. The second kappa shape index (κ2) is 11.2. The van der Waals surface area contributed by atoms with Crippen molar-refractivity contribution >= 4 is 77.2 Å². The van der Waals surface area contributed by atoms with Gasteiger partial charge in [0.15, 0.2) is 7.14 Å². The number of fused-ring (bicyclic) bond motifs is 3. The van der Waals surface area contributed by atoms with Crippen molar-refractivity contribution < 1.29 is 4.57 Å². The van der Waals surface area contributed by atoms with Gasteiger partial charge in [0.05, 0.1) is 16.7 Å². The predicted octanol–water partition coefficient (Wildman–Crippen LogP) is 10.7. The maximum Gasteiger partial charge on any atom is 0.171 e. The van der Waals surface area contributed by atoms with Crippen LogP contribution in [0.2, 0.25) is 0 Å². The molecule has 0 spiro atoms. The number of pyridine rings is 2. The van der Waals surface area contributed by atoms with E-state index in [1.807, 2.05) is 72.9 Å². The van der Waals surface area contributed by atoms with E-state index in [0.717, 1.165) is 70.7 Å². The molecular weight excluding hydrogens is 627 g/mol. The zero-order valence-electron chi connectivity index (χ0n) is 27.0. The van der Waals surface area contributed by atoms with Gasteiger partial charge in [-0.05, 0) is 61.6 Å². The molecule has 3 nitrogen and oxygen atoms in total. The fourth-order valence-electron chi connectivity index (χ4n) is 7.72. The molecule has 0 bridgehead atoms. The van der Waals surface area contributed by atoms with Crippen LogP contribution in [-0.2, 0) is 4.57 Å². The summed E-state index contributed by atoms with van der Waals surface area (Å²) in [6.45, 7) is 0. The van der Waals surface area contributed by atoms with Crippen LogP contribution < -0.4 is 15.9 Å². The van der Waals surface area contributed by atoms with E-state index in [2.05, 4.69) is 108 Å². The van der Waals surface area contributed by atoms with Crippen LogP contribution in [0.15, 0.2) is 176 Å². The van der Waals surface area contributed by atoms with Crippen LogP contribution in [0.3, 0.4) is 0 Å². The molecule has 10 aromatic rings. The average Bonchev–Trinajstić information content (AvgIpc) is 3.20. The van der Waals surface area contributed by atoms with Gasteiger partial charge in [0.2, 0.25) is 0 Å². The zero-order chi connectivity index (χ0) is 33.2. The Balaban J connectivity index is 1.13. The third-order valence-electron chi connectivity index (χ3n) is 10.1. The first-order chi connectivity index (χ1) is 24.7. The molecule has 0 saturated carbocycles. The van der Waals surface area contributed by atoms with Crippen molar-refractivity contribution in [2.45, 2.75) is 0 Å². The van der Waals surface area contributed by atoms with Crippen LogP contribution in [-0.4, -0.2) is 9.97 Å². The van der Waals surface area contributed by atoms with Crippen LogP contribution in [0.4, 0.5) is 0 Å². The first kappa shape index (κ1) is 28.8. The van der Waals surface area contributed by atoms with Gasteiger partial charge >= 0.3 is 0 Å². The van der Waals surface area contributed by atoms with E-state index in [9.17, 15) is 0 Å². The smallest absolute Gasteiger partial charge is 0.171 e. The molecule has 0 saturated heterocycles. The van der Waals surface area contributed by atoms with E-state index >= 15 is 4.57 Å². The van der Waals surface area contributed by atoms with Crippen LogP contribution >= 0.6 is 7.14 Å². The van der Waals surface area contributed by atoms with Crippen LogP contribution in [0.1, 0.15) is 0 Å². The molecule has 234 valence electrons. The Labute approximate surface area is 289 Å². The maximum absolute atomic E-state index is 15.5. The molecule has 4 heteroatoms. The van der Waals surface area contributed by atoms with Crippen molar-refractivity contribution in [3.63, 3.8) is 0 Å². The van der Waals surface area contributed by atoms with Gasteiger partial charge < -0.3 is 4.57 Å². The Morgan fingerprint density at radius 2 is 0.980 bits per heavy atom. The zero-order valence-corrected chi connectivity index (χ0v) is 27.9. The average molecular weight is 657 g/mol. The monoisotopic (exact) mass is 656 g/mol. The van der Waals surface area contributed by atoms with Crippen molar-refractivity contribution in [3.05, 3.63) is 176 Å². The lowest BCUT2D eigenvalue weighted by Gasteiger charge is -2.23. The van der Waals surface area contributed by atoms with Gasteiger partial charge in [-0.1, -0.05) is 152 Å². The van der Waals surface area contributed by atoms with E-state index < -0.39 is 7.14 Å². The molecule has 0 unspecified atom stereocenters. The summed E-state index contributed by atoms with van der Waals surface area (Å²) in [6, 6.07) is 58.5. The number of rotatable bonds is 5. The van der Waals surface area contributed by atoms with Crippen LogP contribution in [0, 0.1) is 0 Å². The van der Waals surface area contributed by atoms with Gasteiger partial charge in [-0.2, -0.15) is 0 Å².